The van der Waals surface area contributed by atoms with E-state index in [1.54, 1.807) is 24.9 Å². The lowest BCUT2D eigenvalue weighted by Crippen LogP contribution is -1.89. The number of hydrogen-bond acceptors (Lipinski definition) is 5. The average Bonchev–Trinajstić information content (AvgIpc) is 2.94. The first-order chi connectivity index (χ1) is 11.6. The fraction of sp³-hybridized carbons (Fsp3) is 0.111. The maximum atomic E-state index is 12.1. The number of thioether (sulfide) groups is 2. The number of halogens is 1. The van der Waals surface area contributed by atoms with Crippen LogP contribution < -0.4 is 4.74 Å². The highest BCUT2D eigenvalue weighted by Gasteiger charge is 2.22. The summed E-state index contributed by atoms with van der Waals surface area (Å²) in [6.07, 6.45) is 1.79. The highest BCUT2D eigenvalue weighted by atomic mass is 35.5. The van der Waals surface area contributed by atoms with Crippen molar-refractivity contribution in [1.82, 2.24) is 0 Å². The Bertz CT molecular complexity index is 816. The first-order valence-corrected chi connectivity index (χ1v) is 9.36. The van der Waals surface area contributed by atoms with Gasteiger partial charge in [-0.3, -0.25) is 4.79 Å². The third-order valence-electron chi connectivity index (χ3n) is 3.27. The van der Waals surface area contributed by atoms with Crippen LogP contribution in [0.4, 0.5) is 0 Å². The van der Waals surface area contributed by atoms with Gasteiger partial charge in [-0.25, -0.2) is 4.99 Å². The van der Waals surface area contributed by atoms with Crippen LogP contribution >= 0.6 is 35.1 Å². The topological polar surface area (TPSA) is 38.7 Å². The summed E-state index contributed by atoms with van der Waals surface area (Å²) in [5, 5.41) is 0.687. The number of carbonyl (C=O) groups is 1. The molecule has 0 saturated heterocycles. The van der Waals surface area contributed by atoms with Crippen molar-refractivity contribution in [3.05, 3.63) is 70.4 Å². The normalized spacial score (nSPS) is 15.7. The SMILES string of the molecule is COc1cccc(/C=C2/N=C(SCc3ccc(Cl)cc3)SC2=O)c1. The second-order valence-electron chi connectivity index (χ2n) is 4.99. The maximum Gasteiger partial charge on any atom is 0.244 e. The molecule has 122 valence electrons. The smallest absolute Gasteiger partial charge is 0.244 e. The second-order valence-corrected chi connectivity index (χ2v) is 7.61. The van der Waals surface area contributed by atoms with E-state index in [9.17, 15) is 4.79 Å². The molecule has 0 amide bonds. The number of ether oxygens (including phenoxy) is 1. The number of methoxy groups -OCH3 is 1. The predicted octanol–water partition coefficient (Wildman–Crippen LogP) is 5.25. The zero-order valence-electron chi connectivity index (χ0n) is 12.9. The molecule has 0 radical (unpaired) electrons. The Labute approximate surface area is 154 Å². The maximum absolute atomic E-state index is 12.1. The monoisotopic (exact) mass is 375 g/mol. The molecule has 2 aromatic carbocycles. The summed E-state index contributed by atoms with van der Waals surface area (Å²) in [5.74, 6) is 1.51. The van der Waals surface area contributed by atoms with Crippen molar-refractivity contribution in [2.45, 2.75) is 5.75 Å². The van der Waals surface area contributed by atoms with Crippen LogP contribution in [0, 0.1) is 0 Å². The van der Waals surface area contributed by atoms with Crippen LogP contribution in [0.2, 0.25) is 5.02 Å². The van der Waals surface area contributed by atoms with Gasteiger partial charge in [-0.15, -0.1) is 0 Å². The Balaban J connectivity index is 1.70. The summed E-state index contributed by atoms with van der Waals surface area (Å²) < 4.78 is 5.96. The number of aliphatic imine (C=N–C) groups is 1. The molecule has 0 N–H and O–H groups in total. The Morgan fingerprint density at radius 1 is 1.25 bits per heavy atom. The van der Waals surface area contributed by atoms with Crippen molar-refractivity contribution in [3.8, 4) is 5.75 Å². The van der Waals surface area contributed by atoms with Gasteiger partial charge in [-0.1, -0.05) is 47.6 Å². The fourth-order valence-electron chi connectivity index (χ4n) is 2.07. The number of rotatable bonds is 4. The minimum absolute atomic E-state index is 0.0311. The van der Waals surface area contributed by atoms with Crippen LogP contribution in [-0.2, 0) is 10.5 Å². The van der Waals surface area contributed by atoms with E-state index in [0.717, 1.165) is 32.0 Å². The van der Waals surface area contributed by atoms with E-state index in [1.165, 1.54) is 11.8 Å². The molecule has 3 nitrogen and oxygen atoms in total. The van der Waals surface area contributed by atoms with Gasteiger partial charge in [0.2, 0.25) is 5.12 Å². The Morgan fingerprint density at radius 3 is 2.79 bits per heavy atom. The number of nitrogens with zero attached hydrogens (tertiary/aromatic N) is 1. The highest BCUT2D eigenvalue weighted by molar-refractivity contribution is 8.45. The minimum Gasteiger partial charge on any atom is -0.497 e. The lowest BCUT2D eigenvalue weighted by atomic mass is 10.2. The third kappa shape index (κ3) is 4.44. The van der Waals surface area contributed by atoms with Crippen molar-refractivity contribution < 1.29 is 9.53 Å². The van der Waals surface area contributed by atoms with Gasteiger partial charge in [0.25, 0.3) is 0 Å². The zero-order valence-corrected chi connectivity index (χ0v) is 15.3. The van der Waals surface area contributed by atoms with E-state index in [4.69, 9.17) is 16.3 Å². The van der Waals surface area contributed by atoms with E-state index in [2.05, 4.69) is 4.99 Å². The fourth-order valence-corrected chi connectivity index (χ4v) is 3.99. The van der Waals surface area contributed by atoms with Crippen LogP contribution in [-0.4, -0.2) is 16.6 Å². The molecule has 0 aromatic heterocycles. The van der Waals surface area contributed by atoms with Crippen molar-refractivity contribution >= 4 is 50.7 Å². The third-order valence-corrected chi connectivity index (χ3v) is 5.61. The van der Waals surface area contributed by atoms with Crippen LogP contribution in [0.3, 0.4) is 0 Å². The molecule has 1 aliphatic heterocycles. The Morgan fingerprint density at radius 2 is 2.04 bits per heavy atom. The van der Waals surface area contributed by atoms with Crippen LogP contribution in [0.15, 0.2) is 59.2 Å². The van der Waals surface area contributed by atoms with E-state index < -0.39 is 0 Å². The van der Waals surface area contributed by atoms with Crippen LogP contribution in [0.1, 0.15) is 11.1 Å². The van der Waals surface area contributed by atoms with Gasteiger partial charge >= 0.3 is 0 Å². The highest BCUT2D eigenvalue weighted by Crippen LogP contribution is 2.33. The minimum atomic E-state index is -0.0311. The number of hydrogen-bond donors (Lipinski definition) is 0. The Kier molecular flexibility index (Phi) is 5.66. The van der Waals surface area contributed by atoms with Gasteiger partial charge in [-0.2, -0.15) is 0 Å². The molecule has 0 saturated carbocycles. The molecule has 0 bridgehead atoms. The molecule has 3 rings (SSSR count). The van der Waals surface area contributed by atoms with Crippen molar-refractivity contribution in [2.75, 3.05) is 7.11 Å². The molecular formula is C18H14ClNO2S2. The Hall–Kier alpha value is -1.69. The number of benzene rings is 2. The summed E-state index contributed by atoms with van der Waals surface area (Å²) in [5.41, 5.74) is 2.50. The predicted molar refractivity (Wildman–Crippen MR) is 104 cm³/mol. The first kappa shape index (κ1) is 17.1. The molecule has 0 atom stereocenters. The second kappa shape index (κ2) is 7.92. The van der Waals surface area contributed by atoms with Crippen LogP contribution in [0.25, 0.3) is 6.08 Å². The molecule has 1 heterocycles. The summed E-state index contributed by atoms with van der Waals surface area (Å²) in [6.45, 7) is 0. The summed E-state index contributed by atoms with van der Waals surface area (Å²) >= 11 is 8.61. The van der Waals surface area contributed by atoms with Gasteiger partial charge in [0.05, 0.1) is 7.11 Å². The van der Waals surface area contributed by atoms with Gasteiger partial charge < -0.3 is 4.74 Å². The van der Waals surface area contributed by atoms with E-state index in [-0.39, 0.29) is 5.12 Å². The summed E-state index contributed by atoms with van der Waals surface area (Å²) in [6, 6.07) is 15.2. The lowest BCUT2D eigenvalue weighted by molar-refractivity contribution is -0.107. The van der Waals surface area contributed by atoms with E-state index in [1.807, 2.05) is 48.5 Å². The summed E-state index contributed by atoms with van der Waals surface area (Å²) in [7, 11) is 1.62. The molecule has 1 aliphatic rings. The standard InChI is InChI=1S/C18H14ClNO2S2/c1-22-15-4-2-3-13(9-15)10-16-17(21)24-18(20-16)23-11-12-5-7-14(19)8-6-12/h2-10H,11H2,1H3/b16-10+. The van der Waals surface area contributed by atoms with E-state index in [0.29, 0.717) is 5.70 Å². The molecule has 0 fully saturated rings. The molecule has 6 heteroatoms. The van der Waals surface area contributed by atoms with Crippen LogP contribution in [0.5, 0.6) is 5.75 Å². The van der Waals surface area contributed by atoms with Gasteiger partial charge in [0, 0.05) is 10.8 Å². The average molecular weight is 376 g/mol. The largest absolute Gasteiger partial charge is 0.497 e. The quantitative estimate of drug-likeness (QED) is 0.684. The summed E-state index contributed by atoms with van der Waals surface area (Å²) in [4.78, 5) is 16.6. The lowest BCUT2D eigenvalue weighted by Gasteiger charge is -2.00. The molecule has 0 aliphatic carbocycles. The molecule has 0 unspecified atom stereocenters. The van der Waals surface area contributed by atoms with Crippen molar-refractivity contribution in [2.24, 2.45) is 4.99 Å². The molecule has 0 spiro atoms. The molecule has 24 heavy (non-hydrogen) atoms. The number of carbonyl (C=O) groups excluding carboxylic acids is 1. The first-order valence-electron chi connectivity index (χ1n) is 7.18. The van der Waals surface area contributed by atoms with Gasteiger partial charge in [-0.05, 0) is 53.2 Å². The van der Waals surface area contributed by atoms with E-state index >= 15 is 0 Å². The van der Waals surface area contributed by atoms with Crippen molar-refractivity contribution in [3.63, 3.8) is 0 Å². The molecular weight excluding hydrogens is 362 g/mol. The molecule has 2 aromatic rings. The van der Waals surface area contributed by atoms with Crippen molar-refractivity contribution in [1.29, 1.82) is 0 Å². The van der Waals surface area contributed by atoms with Gasteiger partial charge in [0.15, 0.2) is 0 Å². The van der Waals surface area contributed by atoms with Gasteiger partial charge in [0.1, 0.15) is 15.8 Å². The zero-order chi connectivity index (χ0) is 16.9.